The van der Waals surface area contributed by atoms with Crippen molar-refractivity contribution in [3.05, 3.63) is 35.4 Å². The van der Waals surface area contributed by atoms with Gasteiger partial charge in [-0.15, -0.1) is 0 Å². The highest BCUT2D eigenvalue weighted by Crippen LogP contribution is 2.14. The van der Waals surface area contributed by atoms with Crippen LogP contribution in [0.2, 0.25) is 0 Å². The van der Waals surface area contributed by atoms with E-state index in [4.69, 9.17) is 0 Å². The first-order chi connectivity index (χ1) is 8.56. The van der Waals surface area contributed by atoms with E-state index >= 15 is 0 Å². The average Bonchev–Trinajstić information content (AvgIpc) is 2.32. The van der Waals surface area contributed by atoms with Crippen molar-refractivity contribution in [1.82, 2.24) is 10.6 Å². The second kappa shape index (κ2) is 5.29. The third-order valence-corrected chi connectivity index (χ3v) is 2.96. The molecule has 0 spiro atoms. The Kier molecular flexibility index (Phi) is 3.74. The van der Waals surface area contributed by atoms with Crippen molar-refractivity contribution in [3.8, 4) is 0 Å². The fraction of sp³-hybridized carbons (Fsp3) is 0.385. The number of aliphatic hydroxyl groups excluding tert-OH is 1. The van der Waals surface area contributed by atoms with Gasteiger partial charge in [0.2, 0.25) is 11.8 Å². The summed E-state index contributed by atoms with van der Waals surface area (Å²) in [5, 5.41) is 15.1. The molecule has 1 aromatic carbocycles. The number of nitrogens with one attached hydrogen (secondary N) is 2. The third-order valence-electron chi connectivity index (χ3n) is 2.96. The molecule has 2 amide bonds. The second-order valence-electron chi connectivity index (χ2n) is 4.49. The molecule has 5 nitrogen and oxygen atoms in total. The number of imide groups is 1. The van der Waals surface area contributed by atoms with Gasteiger partial charge in [0.1, 0.15) is 6.23 Å². The van der Waals surface area contributed by atoms with Gasteiger partial charge in [0.15, 0.2) is 0 Å². The van der Waals surface area contributed by atoms with Crippen molar-refractivity contribution >= 4 is 11.8 Å². The van der Waals surface area contributed by atoms with Crippen LogP contribution in [0.15, 0.2) is 24.3 Å². The van der Waals surface area contributed by atoms with Crippen LogP contribution in [0.3, 0.4) is 0 Å². The number of rotatable bonds is 3. The van der Waals surface area contributed by atoms with Gasteiger partial charge in [-0.3, -0.25) is 20.2 Å². The number of aryl methyl sites for hydroxylation is 1. The molecule has 3 N–H and O–H groups in total. The predicted molar refractivity (Wildman–Crippen MR) is 65.4 cm³/mol. The maximum absolute atomic E-state index is 11.5. The molecule has 1 saturated heterocycles. The van der Waals surface area contributed by atoms with Crippen LogP contribution in [0.25, 0.3) is 0 Å². The van der Waals surface area contributed by atoms with Crippen molar-refractivity contribution < 1.29 is 14.7 Å². The quantitative estimate of drug-likeness (QED) is 0.534. The molecule has 1 aromatic rings. The Balaban J connectivity index is 2.01. The largest absolute Gasteiger partial charge is 0.374 e. The van der Waals surface area contributed by atoms with Crippen molar-refractivity contribution in [3.63, 3.8) is 0 Å². The number of carbonyl (C=O) groups is 2. The van der Waals surface area contributed by atoms with E-state index < -0.39 is 12.3 Å². The summed E-state index contributed by atoms with van der Waals surface area (Å²) < 4.78 is 0. The summed E-state index contributed by atoms with van der Waals surface area (Å²) in [6.45, 7) is 1.93. The molecule has 96 valence electrons. The second-order valence-corrected chi connectivity index (χ2v) is 4.49. The topological polar surface area (TPSA) is 78.4 Å². The summed E-state index contributed by atoms with van der Waals surface area (Å²) in [7, 11) is 0. The first-order valence-electron chi connectivity index (χ1n) is 5.90. The van der Waals surface area contributed by atoms with Crippen molar-refractivity contribution in [2.75, 3.05) is 0 Å². The van der Waals surface area contributed by atoms with E-state index in [2.05, 4.69) is 10.6 Å². The number of piperidine rings is 1. The Hall–Kier alpha value is -1.72. The Bertz CT molecular complexity index is 473. The first kappa shape index (κ1) is 12.7. The fourth-order valence-electron chi connectivity index (χ4n) is 1.98. The van der Waals surface area contributed by atoms with Gasteiger partial charge in [0, 0.05) is 6.42 Å². The molecule has 0 bridgehead atoms. The van der Waals surface area contributed by atoms with E-state index in [0.717, 1.165) is 5.56 Å². The average molecular weight is 248 g/mol. The monoisotopic (exact) mass is 248 g/mol. The molecule has 2 atom stereocenters. The molecule has 1 aliphatic rings. The number of amides is 2. The van der Waals surface area contributed by atoms with Crippen LogP contribution < -0.4 is 10.6 Å². The van der Waals surface area contributed by atoms with Gasteiger partial charge in [-0.1, -0.05) is 29.8 Å². The van der Waals surface area contributed by atoms with Gasteiger partial charge < -0.3 is 5.11 Å². The lowest BCUT2D eigenvalue weighted by atomic mass is 10.0. The molecule has 2 unspecified atom stereocenters. The molecular weight excluding hydrogens is 232 g/mol. The van der Waals surface area contributed by atoms with Crippen LogP contribution in [0, 0.1) is 6.92 Å². The standard InChI is InChI=1S/C13H16N2O3/c1-8-3-2-4-9(7-8)12(17)14-10-5-6-11(16)15-13(10)18/h2-4,7,10,12,14,17H,5-6H2,1H3,(H,15,16,18). The van der Waals surface area contributed by atoms with Crippen LogP contribution in [-0.4, -0.2) is 23.0 Å². The van der Waals surface area contributed by atoms with Gasteiger partial charge >= 0.3 is 0 Å². The summed E-state index contributed by atoms with van der Waals surface area (Å²) in [5.74, 6) is -0.638. The molecule has 5 heteroatoms. The van der Waals surface area contributed by atoms with Gasteiger partial charge in [-0.05, 0) is 18.9 Å². The van der Waals surface area contributed by atoms with E-state index in [1.165, 1.54) is 0 Å². The van der Waals surface area contributed by atoms with E-state index in [1.807, 2.05) is 25.1 Å². The van der Waals surface area contributed by atoms with Gasteiger partial charge in [0.05, 0.1) is 6.04 Å². The normalized spacial score (nSPS) is 21.6. The molecular formula is C13H16N2O3. The van der Waals surface area contributed by atoms with Crippen LogP contribution in [0.5, 0.6) is 0 Å². The molecule has 0 saturated carbocycles. The van der Waals surface area contributed by atoms with Gasteiger partial charge in [0.25, 0.3) is 0 Å². The minimum Gasteiger partial charge on any atom is -0.374 e. The number of aliphatic hydroxyl groups is 1. The van der Waals surface area contributed by atoms with E-state index in [9.17, 15) is 14.7 Å². The zero-order valence-electron chi connectivity index (χ0n) is 10.1. The molecule has 0 aliphatic carbocycles. The first-order valence-corrected chi connectivity index (χ1v) is 5.90. The Labute approximate surface area is 105 Å². The third kappa shape index (κ3) is 2.94. The van der Waals surface area contributed by atoms with Crippen LogP contribution in [-0.2, 0) is 9.59 Å². The number of hydrogen-bond donors (Lipinski definition) is 3. The summed E-state index contributed by atoms with van der Waals surface area (Å²) in [5.41, 5.74) is 1.75. The maximum atomic E-state index is 11.5. The molecule has 18 heavy (non-hydrogen) atoms. The van der Waals surface area contributed by atoms with Crippen LogP contribution >= 0.6 is 0 Å². The lowest BCUT2D eigenvalue weighted by Gasteiger charge is -2.25. The minimum atomic E-state index is -0.908. The summed E-state index contributed by atoms with van der Waals surface area (Å²) in [4.78, 5) is 22.5. The smallest absolute Gasteiger partial charge is 0.243 e. The zero-order valence-corrected chi connectivity index (χ0v) is 10.1. The summed E-state index contributed by atoms with van der Waals surface area (Å²) in [6.07, 6.45) is -0.203. The van der Waals surface area contributed by atoms with Crippen LogP contribution in [0.4, 0.5) is 0 Å². The van der Waals surface area contributed by atoms with E-state index in [-0.39, 0.29) is 11.8 Å². The Morgan fingerprint density at radius 3 is 2.89 bits per heavy atom. The molecule has 1 aliphatic heterocycles. The Morgan fingerprint density at radius 2 is 2.22 bits per heavy atom. The highest BCUT2D eigenvalue weighted by Gasteiger charge is 2.28. The lowest BCUT2D eigenvalue weighted by Crippen LogP contribution is -2.51. The predicted octanol–water partition coefficient (Wildman–Crippen LogP) is 0.381. The van der Waals surface area contributed by atoms with Crippen molar-refractivity contribution in [2.45, 2.75) is 32.0 Å². The van der Waals surface area contributed by atoms with Gasteiger partial charge in [-0.25, -0.2) is 0 Å². The molecule has 1 heterocycles. The fourth-order valence-corrected chi connectivity index (χ4v) is 1.98. The number of benzene rings is 1. The highest BCUT2D eigenvalue weighted by atomic mass is 16.3. The van der Waals surface area contributed by atoms with Crippen molar-refractivity contribution in [1.29, 1.82) is 0 Å². The summed E-state index contributed by atoms with van der Waals surface area (Å²) >= 11 is 0. The number of carbonyl (C=O) groups excluding carboxylic acids is 2. The van der Waals surface area contributed by atoms with E-state index in [0.29, 0.717) is 18.4 Å². The minimum absolute atomic E-state index is 0.261. The lowest BCUT2D eigenvalue weighted by molar-refractivity contribution is -0.135. The van der Waals surface area contributed by atoms with Crippen molar-refractivity contribution in [2.24, 2.45) is 0 Å². The molecule has 0 aromatic heterocycles. The SMILES string of the molecule is Cc1cccc(C(O)NC2CCC(=O)NC2=O)c1. The number of hydrogen-bond acceptors (Lipinski definition) is 4. The maximum Gasteiger partial charge on any atom is 0.243 e. The van der Waals surface area contributed by atoms with E-state index in [1.54, 1.807) is 6.07 Å². The Morgan fingerprint density at radius 1 is 1.44 bits per heavy atom. The summed E-state index contributed by atoms with van der Waals surface area (Å²) in [6, 6.07) is 6.89. The zero-order chi connectivity index (χ0) is 13.1. The molecule has 1 fully saturated rings. The van der Waals surface area contributed by atoms with Gasteiger partial charge in [-0.2, -0.15) is 0 Å². The molecule has 0 radical (unpaired) electrons. The highest BCUT2D eigenvalue weighted by molar-refractivity contribution is 6.00. The van der Waals surface area contributed by atoms with Crippen LogP contribution in [0.1, 0.15) is 30.2 Å². The molecule has 2 rings (SSSR count).